The van der Waals surface area contributed by atoms with Gasteiger partial charge in [0.05, 0.1) is 22.3 Å². The predicted octanol–water partition coefficient (Wildman–Crippen LogP) is 1.66. The van der Waals surface area contributed by atoms with Gasteiger partial charge in [0.1, 0.15) is 5.69 Å². The number of carbonyl (C=O) groups is 3. The topological polar surface area (TPSA) is 130 Å². The van der Waals surface area contributed by atoms with E-state index in [1.165, 1.54) is 17.0 Å². The quantitative estimate of drug-likeness (QED) is 0.342. The molecule has 1 heterocycles. The second-order valence-electron chi connectivity index (χ2n) is 6.20. The highest BCUT2D eigenvalue weighted by atomic mass is 16.6. The number of hydrogen-bond donors (Lipinski definition) is 2. The summed E-state index contributed by atoms with van der Waals surface area (Å²) in [7, 11) is 0. The van der Waals surface area contributed by atoms with Gasteiger partial charge in [0.15, 0.2) is 0 Å². The number of benzene rings is 1. The number of rotatable bonds is 6. The van der Waals surface area contributed by atoms with Crippen molar-refractivity contribution < 1.29 is 24.4 Å². The summed E-state index contributed by atoms with van der Waals surface area (Å²) in [6, 6.07) is 3.53. The van der Waals surface area contributed by atoms with Crippen LogP contribution >= 0.6 is 0 Å². The zero-order chi connectivity index (χ0) is 18.8. The van der Waals surface area contributed by atoms with Crippen LogP contribution < -0.4 is 5.32 Å². The van der Waals surface area contributed by atoms with E-state index in [4.69, 9.17) is 5.11 Å². The highest BCUT2D eigenvalue weighted by Gasteiger charge is 2.46. The van der Waals surface area contributed by atoms with Crippen molar-refractivity contribution >= 4 is 29.2 Å². The van der Waals surface area contributed by atoms with Gasteiger partial charge in [-0.3, -0.25) is 24.6 Å². The number of allylic oxidation sites excluding steroid dienone is 2. The van der Waals surface area contributed by atoms with Crippen molar-refractivity contribution in [3.8, 4) is 0 Å². The second-order valence-corrected chi connectivity index (χ2v) is 6.20. The van der Waals surface area contributed by atoms with Crippen LogP contribution in [0, 0.1) is 22.0 Å². The lowest BCUT2D eigenvalue weighted by Gasteiger charge is -2.15. The van der Waals surface area contributed by atoms with Gasteiger partial charge in [-0.25, -0.2) is 4.79 Å². The Bertz CT molecular complexity index is 793. The van der Waals surface area contributed by atoms with Crippen molar-refractivity contribution in [3.63, 3.8) is 0 Å². The van der Waals surface area contributed by atoms with Crippen LogP contribution in [-0.2, 0) is 9.59 Å². The maximum atomic E-state index is 12.4. The number of fused-ring (bicyclic) bond motifs is 1. The molecule has 1 aliphatic carbocycles. The van der Waals surface area contributed by atoms with E-state index in [9.17, 15) is 24.5 Å². The molecule has 9 heteroatoms. The highest BCUT2D eigenvalue weighted by Crippen LogP contribution is 2.35. The first-order valence-corrected chi connectivity index (χ1v) is 8.16. The number of likely N-dealkylation sites (tertiary alicyclic amines) is 1. The van der Waals surface area contributed by atoms with Crippen LogP contribution in [0.2, 0.25) is 0 Å². The van der Waals surface area contributed by atoms with Crippen LogP contribution in [0.25, 0.3) is 0 Å². The van der Waals surface area contributed by atoms with Gasteiger partial charge in [-0.2, -0.15) is 0 Å². The summed E-state index contributed by atoms with van der Waals surface area (Å²) < 4.78 is 0. The molecule has 136 valence electrons. The van der Waals surface area contributed by atoms with Crippen molar-refractivity contribution in [3.05, 3.63) is 46.0 Å². The van der Waals surface area contributed by atoms with E-state index < -0.39 is 10.9 Å². The minimum atomic E-state index is -1.26. The van der Waals surface area contributed by atoms with Gasteiger partial charge in [0.25, 0.3) is 5.69 Å². The standard InChI is InChI=1S/C17H17N3O6/c21-15-11-3-1-2-4-12(11)16(22)19(15)8-7-18-13-6-5-10(17(23)24)9-14(13)20(25)26/h1-2,5-6,9,11-12,18H,3-4,7-8H2,(H,23,24)/t11-,12-/m1/s1. The summed E-state index contributed by atoms with van der Waals surface area (Å²) in [5.41, 5.74) is -0.427. The third kappa shape index (κ3) is 3.15. The Morgan fingerprint density at radius 2 is 1.85 bits per heavy atom. The number of aromatic carboxylic acids is 1. The summed E-state index contributed by atoms with van der Waals surface area (Å²) in [5, 5.41) is 22.9. The zero-order valence-corrected chi connectivity index (χ0v) is 13.8. The van der Waals surface area contributed by atoms with E-state index in [1.807, 2.05) is 12.2 Å². The third-order valence-electron chi connectivity index (χ3n) is 4.69. The molecule has 0 saturated carbocycles. The van der Waals surface area contributed by atoms with Crippen LogP contribution in [0.5, 0.6) is 0 Å². The number of imide groups is 1. The summed E-state index contributed by atoms with van der Waals surface area (Å²) in [6.07, 6.45) is 4.92. The normalized spacial score (nSPS) is 21.6. The van der Waals surface area contributed by atoms with Crippen molar-refractivity contribution in [2.24, 2.45) is 11.8 Å². The molecular weight excluding hydrogens is 342 g/mol. The van der Waals surface area contributed by atoms with Crippen molar-refractivity contribution in [1.82, 2.24) is 4.90 Å². The van der Waals surface area contributed by atoms with Crippen molar-refractivity contribution in [1.29, 1.82) is 0 Å². The molecule has 2 amide bonds. The van der Waals surface area contributed by atoms with Crippen molar-refractivity contribution in [2.75, 3.05) is 18.4 Å². The van der Waals surface area contributed by atoms with Gasteiger partial charge in [-0.05, 0) is 25.0 Å². The van der Waals surface area contributed by atoms with E-state index in [0.29, 0.717) is 12.8 Å². The number of carboxylic acids is 1. The number of hydrogen-bond acceptors (Lipinski definition) is 6. The number of anilines is 1. The number of nitrogens with zero attached hydrogens (tertiary/aromatic N) is 2. The fraction of sp³-hybridized carbons (Fsp3) is 0.353. The first-order valence-electron chi connectivity index (χ1n) is 8.16. The Hall–Kier alpha value is -3.23. The molecule has 2 aliphatic rings. The lowest BCUT2D eigenvalue weighted by atomic mass is 9.85. The minimum absolute atomic E-state index is 0.0997. The molecule has 0 spiro atoms. The summed E-state index contributed by atoms with van der Waals surface area (Å²) >= 11 is 0. The molecular formula is C17H17N3O6. The molecule has 2 atom stereocenters. The molecule has 26 heavy (non-hydrogen) atoms. The highest BCUT2D eigenvalue weighted by molar-refractivity contribution is 6.05. The van der Waals surface area contributed by atoms with Gasteiger partial charge in [0.2, 0.25) is 11.8 Å². The molecule has 0 radical (unpaired) electrons. The number of carbonyl (C=O) groups excluding carboxylic acids is 2. The molecule has 3 rings (SSSR count). The van der Waals surface area contributed by atoms with E-state index in [2.05, 4.69) is 5.32 Å². The van der Waals surface area contributed by atoms with Crippen LogP contribution in [0.1, 0.15) is 23.2 Å². The molecule has 1 saturated heterocycles. The summed E-state index contributed by atoms with van der Waals surface area (Å²) in [5.74, 6) is -2.29. The molecule has 9 nitrogen and oxygen atoms in total. The van der Waals surface area contributed by atoms with Crippen LogP contribution in [0.15, 0.2) is 30.4 Å². The maximum absolute atomic E-state index is 12.4. The minimum Gasteiger partial charge on any atom is -0.478 e. The van der Waals surface area contributed by atoms with E-state index in [1.54, 1.807) is 0 Å². The van der Waals surface area contributed by atoms with Crippen LogP contribution in [0.3, 0.4) is 0 Å². The maximum Gasteiger partial charge on any atom is 0.335 e. The number of nitro groups is 1. The largest absolute Gasteiger partial charge is 0.478 e. The first-order chi connectivity index (χ1) is 12.4. The molecule has 0 bridgehead atoms. The zero-order valence-electron chi connectivity index (χ0n) is 13.8. The lowest BCUT2D eigenvalue weighted by Crippen LogP contribution is -2.35. The average molecular weight is 359 g/mol. The summed E-state index contributed by atoms with van der Waals surface area (Å²) in [6.45, 7) is 0.236. The third-order valence-corrected chi connectivity index (χ3v) is 4.69. The summed E-state index contributed by atoms with van der Waals surface area (Å²) in [4.78, 5) is 47.3. The monoisotopic (exact) mass is 359 g/mol. The lowest BCUT2D eigenvalue weighted by molar-refractivity contribution is -0.384. The van der Waals surface area contributed by atoms with Gasteiger partial charge in [0, 0.05) is 19.2 Å². The van der Waals surface area contributed by atoms with Gasteiger partial charge in [-0.1, -0.05) is 12.2 Å². The number of nitrogens with one attached hydrogen (secondary N) is 1. The molecule has 1 fully saturated rings. The molecule has 1 aliphatic heterocycles. The average Bonchev–Trinajstić information content (AvgIpc) is 2.86. The molecule has 1 aromatic carbocycles. The van der Waals surface area contributed by atoms with Gasteiger partial charge < -0.3 is 10.4 Å². The number of nitro benzene ring substituents is 1. The van der Waals surface area contributed by atoms with E-state index in [-0.39, 0.29) is 53.7 Å². The van der Waals surface area contributed by atoms with E-state index in [0.717, 1.165) is 6.07 Å². The SMILES string of the molecule is O=C(O)c1ccc(NCCN2C(=O)[C@@H]3CC=CC[C@H]3C2=O)c([N+](=O)[O-])c1. The molecule has 0 aromatic heterocycles. The Kier molecular flexibility index (Phi) is 4.70. The fourth-order valence-corrected chi connectivity index (χ4v) is 3.36. The fourth-order valence-electron chi connectivity index (χ4n) is 3.36. The first kappa shape index (κ1) is 17.6. The Morgan fingerprint density at radius 3 is 2.38 bits per heavy atom. The number of carboxylic acid groups (broad SMARTS) is 1. The Morgan fingerprint density at radius 1 is 1.23 bits per heavy atom. The molecule has 2 N–H and O–H groups in total. The van der Waals surface area contributed by atoms with Crippen molar-refractivity contribution in [2.45, 2.75) is 12.8 Å². The second kappa shape index (κ2) is 6.95. The Labute approximate surface area is 148 Å². The smallest absolute Gasteiger partial charge is 0.335 e. The number of amides is 2. The Balaban J connectivity index is 1.67. The molecule has 1 aromatic rings. The van der Waals surface area contributed by atoms with Crippen LogP contribution in [-0.4, -0.2) is 45.8 Å². The van der Waals surface area contributed by atoms with Gasteiger partial charge in [-0.15, -0.1) is 0 Å². The van der Waals surface area contributed by atoms with Crippen LogP contribution in [0.4, 0.5) is 11.4 Å². The predicted molar refractivity (Wildman–Crippen MR) is 90.6 cm³/mol. The van der Waals surface area contributed by atoms with E-state index >= 15 is 0 Å². The molecule has 0 unspecified atom stereocenters. The van der Waals surface area contributed by atoms with Gasteiger partial charge >= 0.3 is 5.97 Å².